The maximum Gasteiger partial charge on any atom is 0.248 e. The van der Waals surface area contributed by atoms with Crippen molar-refractivity contribution in [1.29, 1.82) is 5.26 Å². The number of carbonyl (C=O) groups is 1. The fourth-order valence-electron chi connectivity index (χ4n) is 4.31. The number of ether oxygens (including phenoxy) is 2. The van der Waals surface area contributed by atoms with Crippen LogP contribution in [0.15, 0.2) is 54.9 Å². The molecule has 0 spiro atoms. The third kappa shape index (κ3) is 6.94. The van der Waals surface area contributed by atoms with Crippen LogP contribution < -0.4 is 21.1 Å². The van der Waals surface area contributed by atoms with Crippen LogP contribution in [0.25, 0.3) is 21.7 Å². The summed E-state index contributed by atoms with van der Waals surface area (Å²) in [5.74, 6) is 1.01. The van der Waals surface area contributed by atoms with Gasteiger partial charge in [0.25, 0.3) is 0 Å². The van der Waals surface area contributed by atoms with Crippen LogP contribution in [-0.4, -0.2) is 49.3 Å². The summed E-state index contributed by atoms with van der Waals surface area (Å²) in [6.45, 7) is 3.42. The maximum atomic E-state index is 11.6. The van der Waals surface area contributed by atoms with Gasteiger partial charge in [-0.3, -0.25) is 9.78 Å². The molecular formula is C29H32N6O3. The quantitative estimate of drug-likeness (QED) is 0.171. The first-order chi connectivity index (χ1) is 18.6. The molecule has 2 aromatic heterocycles. The monoisotopic (exact) mass is 512 g/mol. The fourth-order valence-corrected chi connectivity index (χ4v) is 4.31. The van der Waals surface area contributed by atoms with Gasteiger partial charge in [0.15, 0.2) is 0 Å². The van der Waals surface area contributed by atoms with Crippen LogP contribution in [0.4, 0.5) is 5.82 Å². The van der Waals surface area contributed by atoms with Crippen LogP contribution in [-0.2, 0) is 17.7 Å². The molecule has 9 heteroatoms. The average molecular weight is 513 g/mol. The molecule has 0 saturated carbocycles. The SMILES string of the molecule is COc1cc(CC#N)cc(CNCCCCOCCNc2nc3cc(C(N)=O)ccc3c3cnccc23)c1. The number of amides is 1. The smallest absolute Gasteiger partial charge is 0.248 e. The van der Waals surface area contributed by atoms with Crippen molar-refractivity contribution in [3.8, 4) is 11.8 Å². The number of nitrogens with two attached hydrogens (primary N) is 1. The lowest BCUT2D eigenvalue weighted by Gasteiger charge is -2.12. The molecule has 2 aromatic carbocycles. The van der Waals surface area contributed by atoms with E-state index in [0.717, 1.165) is 64.8 Å². The van der Waals surface area contributed by atoms with Crippen molar-refractivity contribution in [2.75, 3.05) is 38.7 Å². The Bertz CT molecular complexity index is 1450. The normalized spacial score (nSPS) is 10.9. The second-order valence-electron chi connectivity index (χ2n) is 8.93. The number of methoxy groups -OCH3 is 1. The lowest BCUT2D eigenvalue weighted by atomic mass is 10.1. The van der Waals surface area contributed by atoms with Crippen molar-refractivity contribution in [1.82, 2.24) is 15.3 Å². The van der Waals surface area contributed by atoms with E-state index in [1.807, 2.05) is 30.3 Å². The van der Waals surface area contributed by atoms with Crippen molar-refractivity contribution >= 4 is 33.4 Å². The molecule has 0 atom stereocenters. The highest BCUT2D eigenvalue weighted by atomic mass is 16.5. The lowest BCUT2D eigenvalue weighted by Crippen LogP contribution is -2.16. The molecule has 196 valence electrons. The number of nitriles is 1. The number of hydrogen-bond donors (Lipinski definition) is 3. The highest BCUT2D eigenvalue weighted by Crippen LogP contribution is 2.29. The van der Waals surface area contributed by atoms with E-state index < -0.39 is 5.91 Å². The van der Waals surface area contributed by atoms with Gasteiger partial charge in [-0.2, -0.15) is 5.26 Å². The summed E-state index contributed by atoms with van der Waals surface area (Å²) in [6, 6.07) is 15.3. The molecule has 0 saturated heterocycles. The Morgan fingerprint density at radius 2 is 1.89 bits per heavy atom. The standard InChI is InChI=1S/C29H32N6O3/c1-37-23-15-20(6-8-30)14-21(16-23)18-32-9-2-3-12-38-13-11-34-29-25-7-10-33-19-26(25)24-5-4-22(28(31)36)17-27(24)35-29/h4-5,7,10,14-17,19,32H,2-3,6,9,11-13,18H2,1H3,(H2,31,36)(H,34,35). The minimum atomic E-state index is -0.483. The first kappa shape index (κ1) is 26.8. The number of hydrogen-bond acceptors (Lipinski definition) is 8. The fraction of sp³-hybridized carbons (Fsp3) is 0.310. The number of benzene rings is 2. The number of carbonyl (C=O) groups excluding carboxylic acids is 1. The van der Waals surface area contributed by atoms with Crippen molar-refractivity contribution < 1.29 is 14.3 Å². The largest absolute Gasteiger partial charge is 0.497 e. The third-order valence-electron chi connectivity index (χ3n) is 6.19. The number of primary amides is 1. The molecular weight excluding hydrogens is 480 g/mol. The second-order valence-corrected chi connectivity index (χ2v) is 8.93. The Kier molecular flexibility index (Phi) is 9.40. The van der Waals surface area contributed by atoms with Crippen LogP contribution >= 0.6 is 0 Å². The summed E-state index contributed by atoms with van der Waals surface area (Å²) in [4.78, 5) is 20.6. The molecule has 0 bridgehead atoms. The van der Waals surface area contributed by atoms with Gasteiger partial charge in [-0.15, -0.1) is 0 Å². The van der Waals surface area contributed by atoms with Gasteiger partial charge in [-0.25, -0.2) is 4.98 Å². The van der Waals surface area contributed by atoms with E-state index in [4.69, 9.17) is 25.5 Å². The lowest BCUT2D eigenvalue weighted by molar-refractivity contribution is 0.100. The zero-order valence-electron chi connectivity index (χ0n) is 21.5. The van der Waals surface area contributed by atoms with Crippen LogP contribution in [0.1, 0.15) is 34.3 Å². The number of nitrogens with zero attached hydrogens (tertiary/aromatic N) is 3. The van der Waals surface area contributed by atoms with E-state index in [1.165, 1.54) is 0 Å². The Morgan fingerprint density at radius 1 is 1.03 bits per heavy atom. The molecule has 0 aliphatic carbocycles. The highest BCUT2D eigenvalue weighted by Gasteiger charge is 2.10. The zero-order valence-corrected chi connectivity index (χ0v) is 21.5. The number of fused-ring (bicyclic) bond motifs is 3. The Hall–Kier alpha value is -4.26. The first-order valence-corrected chi connectivity index (χ1v) is 12.6. The van der Waals surface area contributed by atoms with E-state index in [0.29, 0.717) is 37.3 Å². The molecule has 4 rings (SSSR count). The van der Waals surface area contributed by atoms with Gasteiger partial charge in [0.05, 0.1) is 31.7 Å². The van der Waals surface area contributed by atoms with Crippen molar-refractivity contribution in [2.45, 2.75) is 25.8 Å². The zero-order chi connectivity index (χ0) is 26.7. The summed E-state index contributed by atoms with van der Waals surface area (Å²) >= 11 is 0. The number of anilines is 1. The van der Waals surface area contributed by atoms with Crippen molar-refractivity contribution in [2.24, 2.45) is 5.73 Å². The van der Waals surface area contributed by atoms with Crippen LogP contribution in [0.2, 0.25) is 0 Å². The van der Waals surface area contributed by atoms with E-state index in [2.05, 4.69) is 21.7 Å². The van der Waals surface area contributed by atoms with Gasteiger partial charge in [0.2, 0.25) is 5.91 Å². The first-order valence-electron chi connectivity index (χ1n) is 12.6. The molecule has 2 heterocycles. The van der Waals surface area contributed by atoms with Gasteiger partial charge >= 0.3 is 0 Å². The summed E-state index contributed by atoms with van der Waals surface area (Å²) < 4.78 is 11.1. The molecule has 0 radical (unpaired) electrons. The topological polar surface area (TPSA) is 135 Å². The summed E-state index contributed by atoms with van der Waals surface area (Å²) in [6.07, 6.45) is 5.86. The molecule has 38 heavy (non-hydrogen) atoms. The summed E-state index contributed by atoms with van der Waals surface area (Å²) in [7, 11) is 1.64. The predicted octanol–water partition coefficient (Wildman–Crippen LogP) is 3.96. The second kappa shape index (κ2) is 13.3. The maximum absolute atomic E-state index is 11.6. The van der Waals surface area contributed by atoms with E-state index >= 15 is 0 Å². The van der Waals surface area contributed by atoms with Crippen LogP contribution in [0.3, 0.4) is 0 Å². The highest BCUT2D eigenvalue weighted by molar-refractivity contribution is 6.11. The van der Waals surface area contributed by atoms with Gasteiger partial charge in [-0.05, 0) is 60.8 Å². The van der Waals surface area contributed by atoms with Gasteiger partial charge in [0.1, 0.15) is 11.6 Å². The van der Waals surface area contributed by atoms with E-state index in [-0.39, 0.29) is 0 Å². The average Bonchev–Trinajstić information content (AvgIpc) is 2.93. The molecule has 0 aliphatic heterocycles. The molecule has 0 unspecified atom stereocenters. The van der Waals surface area contributed by atoms with Crippen LogP contribution in [0.5, 0.6) is 5.75 Å². The number of pyridine rings is 2. The van der Waals surface area contributed by atoms with E-state index in [1.54, 1.807) is 31.6 Å². The third-order valence-corrected chi connectivity index (χ3v) is 6.19. The summed E-state index contributed by atoms with van der Waals surface area (Å²) in [5, 5.41) is 18.6. The number of aromatic nitrogens is 2. The Labute approximate surface area is 222 Å². The van der Waals surface area contributed by atoms with Crippen molar-refractivity contribution in [3.05, 3.63) is 71.5 Å². The van der Waals surface area contributed by atoms with Crippen molar-refractivity contribution in [3.63, 3.8) is 0 Å². The predicted molar refractivity (Wildman–Crippen MR) is 148 cm³/mol. The number of rotatable bonds is 14. The van der Waals surface area contributed by atoms with Gasteiger partial charge in [0, 0.05) is 53.8 Å². The summed E-state index contributed by atoms with van der Waals surface area (Å²) in [5.41, 5.74) is 8.62. The van der Waals surface area contributed by atoms with Gasteiger partial charge < -0.3 is 25.8 Å². The van der Waals surface area contributed by atoms with Gasteiger partial charge in [-0.1, -0.05) is 12.1 Å². The molecule has 4 aromatic rings. The minimum Gasteiger partial charge on any atom is -0.497 e. The number of nitrogens with one attached hydrogen (secondary N) is 2. The molecule has 0 aliphatic rings. The Balaban J connectivity index is 1.19. The minimum absolute atomic E-state index is 0.372. The molecule has 1 amide bonds. The Morgan fingerprint density at radius 3 is 2.71 bits per heavy atom. The molecule has 0 fully saturated rings. The molecule has 9 nitrogen and oxygen atoms in total. The number of unbranched alkanes of at least 4 members (excludes halogenated alkanes) is 1. The van der Waals surface area contributed by atoms with Crippen LogP contribution in [0, 0.1) is 11.3 Å². The molecule has 4 N–H and O–H groups in total. The van der Waals surface area contributed by atoms with E-state index in [9.17, 15) is 4.79 Å².